The molecule has 37 heavy (non-hydrogen) atoms. The number of carbonyl (C=O) groups is 2. The van der Waals surface area contributed by atoms with Crippen LogP contribution < -0.4 is 0 Å². The van der Waals surface area contributed by atoms with Crippen molar-refractivity contribution in [2.24, 2.45) is 5.92 Å². The molecule has 2 aromatic rings. The Bertz CT molecular complexity index is 1050. The van der Waals surface area contributed by atoms with E-state index in [4.69, 9.17) is 23.2 Å². The monoisotopic (exact) mass is 543 g/mol. The number of rotatable bonds is 11. The normalized spacial score (nSPS) is 17.4. The highest BCUT2D eigenvalue weighted by Crippen LogP contribution is 2.33. The van der Waals surface area contributed by atoms with Crippen LogP contribution in [0.4, 0.5) is 0 Å². The van der Waals surface area contributed by atoms with Crippen LogP contribution in [0.2, 0.25) is 10.0 Å². The van der Waals surface area contributed by atoms with Gasteiger partial charge in [0.2, 0.25) is 5.91 Å². The maximum atomic E-state index is 13.0. The molecule has 2 aliphatic rings. The molecule has 0 spiro atoms. The van der Waals surface area contributed by atoms with Crippen LogP contribution in [-0.4, -0.2) is 72.3 Å². The van der Waals surface area contributed by atoms with Gasteiger partial charge < -0.3 is 14.7 Å². The number of amides is 2. The third-order valence-corrected chi connectivity index (χ3v) is 8.58. The summed E-state index contributed by atoms with van der Waals surface area (Å²) in [5, 5.41) is 1.08. The molecule has 1 atom stereocenters. The van der Waals surface area contributed by atoms with Crippen molar-refractivity contribution in [3.8, 4) is 0 Å². The second-order valence-corrected chi connectivity index (χ2v) is 11.4. The second-order valence-electron chi connectivity index (χ2n) is 10.6. The van der Waals surface area contributed by atoms with Crippen LogP contribution in [0.3, 0.4) is 0 Å². The lowest BCUT2D eigenvalue weighted by Gasteiger charge is -2.39. The molecule has 4 rings (SSSR count). The summed E-state index contributed by atoms with van der Waals surface area (Å²) in [6.45, 7) is 6.45. The predicted octanol–water partition coefficient (Wildman–Crippen LogP) is 6.35. The van der Waals surface area contributed by atoms with E-state index in [9.17, 15) is 9.59 Å². The van der Waals surface area contributed by atoms with Crippen LogP contribution in [0.1, 0.15) is 67.3 Å². The van der Waals surface area contributed by atoms with Gasteiger partial charge in [0.15, 0.2) is 0 Å². The molecule has 0 unspecified atom stereocenters. The van der Waals surface area contributed by atoms with Gasteiger partial charge in [-0.1, -0.05) is 54.4 Å². The van der Waals surface area contributed by atoms with Crippen molar-refractivity contribution in [2.45, 2.75) is 57.4 Å². The van der Waals surface area contributed by atoms with Gasteiger partial charge >= 0.3 is 0 Å². The van der Waals surface area contributed by atoms with Crippen LogP contribution in [0.5, 0.6) is 0 Å². The Hall–Kier alpha value is -2.08. The summed E-state index contributed by atoms with van der Waals surface area (Å²) in [5.74, 6) is 1.17. The van der Waals surface area contributed by atoms with Crippen LogP contribution in [0.15, 0.2) is 48.5 Å². The standard InChI is InChI=1S/C30H39Cl2N3O2/c1-3-29(36)35(20-22-9-10-22)26-14-17-34(18-15-26)16-13-25(24-11-12-27(31)28(32)19-24)21-33(2)30(37)23-7-5-4-6-8-23/h4-8,11-12,19,22,25-26H,3,9-10,13-18,20-21H2,1-2H3/t25-/m1/s1. The smallest absolute Gasteiger partial charge is 0.253 e. The van der Waals surface area contributed by atoms with Gasteiger partial charge in [0.25, 0.3) is 5.91 Å². The summed E-state index contributed by atoms with van der Waals surface area (Å²) < 4.78 is 0. The number of likely N-dealkylation sites (tertiary alicyclic amines) is 1. The third kappa shape index (κ3) is 7.72. The van der Waals surface area contributed by atoms with Crippen molar-refractivity contribution >= 4 is 35.0 Å². The fourth-order valence-corrected chi connectivity index (χ4v) is 5.68. The van der Waals surface area contributed by atoms with Crippen molar-refractivity contribution in [3.05, 3.63) is 69.7 Å². The van der Waals surface area contributed by atoms with Gasteiger partial charge in [-0.05, 0) is 74.4 Å². The van der Waals surface area contributed by atoms with Crippen molar-refractivity contribution in [1.29, 1.82) is 0 Å². The first-order valence-electron chi connectivity index (χ1n) is 13.6. The Balaban J connectivity index is 1.37. The van der Waals surface area contributed by atoms with E-state index in [1.807, 2.05) is 62.5 Å². The Labute approximate surface area is 231 Å². The molecule has 0 N–H and O–H groups in total. The lowest BCUT2D eigenvalue weighted by atomic mass is 9.93. The highest BCUT2D eigenvalue weighted by molar-refractivity contribution is 6.42. The molecule has 200 valence electrons. The number of benzene rings is 2. The van der Waals surface area contributed by atoms with E-state index in [0.717, 1.165) is 56.9 Å². The summed E-state index contributed by atoms with van der Waals surface area (Å²) in [6.07, 6.45) is 6.10. The van der Waals surface area contributed by atoms with Crippen LogP contribution in [-0.2, 0) is 4.79 Å². The first-order valence-corrected chi connectivity index (χ1v) is 14.4. The number of piperidine rings is 1. The number of carbonyl (C=O) groups excluding carboxylic acids is 2. The SMILES string of the molecule is CCC(=O)N(CC1CC1)C1CCN(CC[C@H](CN(C)C(=O)c2ccccc2)c2ccc(Cl)c(Cl)c2)CC1. The Kier molecular flexibility index (Phi) is 9.91. The van der Waals surface area contributed by atoms with Crippen LogP contribution >= 0.6 is 23.2 Å². The van der Waals surface area contributed by atoms with Crippen molar-refractivity contribution < 1.29 is 9.59 Å². The molecule has 1 aliphatic heterocycles. The van der Waals surface area contributed by atoms with Gasteiger partial charge in [-0.25, -0.2) is 0 Å². The highest BCUT2D eigenvalue weighted by Gasteiger charge is 2.32. The van der Waals surface area contributed by atoms with E-state index in [2.05, 4.69) is 9.80 Å². The van der Waals surface area contributed by atoms with Crippen LogP contribution in [0, 0.1) is 5.92 Å². The topological polar surface area (TPSA) is 43.9 Å². The molecule has 0 aromatic heterocycles. The molecule has 5 nitrogen and oxygen atoms in total. The molecule has 2 fully saturated rings. The first-order chi connectivity index (χ1) is 17.9. The average molecular weight is 545 g/mol. The Morgan fingerprint density at radius 1 is 1.00 bits per heavy atom. The fourth-order valence-electron chi connectivity index (χ4n) is 5.37. The van der Waals surface area contributed by atoms with Gasteiger partial charge in [-0.3, -0.25) is 9.59 Å². The fraction of sp³-hybridized carbons (Fsp3) is 0.533. The Morgan fingerprint density at radius 3 is 2.32 bits per heavy atom. The Morgan fingerprint density at radius 2 is 1.70 bits per heavy atom. The summed E-state index contributed by atoms with van der Waals surface area (Å²) in [5.41, 5.74) is 1.79. The van der Waals surface area contributed by atoms with Gasteiger partial charge in [-0.2, -0.15) is 0 Å². The maximum absolute atomic E-state index is 13.0. The zero-order chi connectivity index (χ0) is 26.4. The minimum Gasteiger partial charge on any atom is -0.341 e. The molecule has 1 aliphatic carbocycles. The van der Waals surface area contributed by atoms with E-state index in [1.54, 1.807) is 4.90 Å². The molecule has 1 saturated carbocycles. The van der Waals surface area contributed by atoms with E-state index in [1.165, 1.54) is 12.8 Å². The van der Waals surface area contributed by atoms with Crippen LogP contribution in [0.25, 0.3) is 0 Å². The predicted molar refractivity (Wildman–Crippen MR) is 151 cm³/mol. The number of nitrogens with zero attached hydrogens (tertiary/aromatic N) is 3. The molecule has 0 bridgehead atoms. The summed E-state index contributed by atoms with van der Waals surface area (Å²) >= 11 is 12.6. The minimum absolute atomic E-state index is 0.0165. The highest BCUT2D eigenvalue weighted by atomic mass is 35.5. The summed E-state index contributed by atoms with van der Waals surface area (Å²) in [6, 6.07) is 15.6. The largest absolute Gasteiger partial charge is 0.341 e. The third-order valence-electron chi connectivity index (χ3n) is 7.84. The van der Waals surface area contributed by atoms with Gasteiger partial charge in [0.1, 0.15) is 0 Å². The lowest BCUT2D eigenvalue weighted by molar-refractivity contribution is -0.134. The first kappa shape index (κ1) is 27.9. The molecule has 2 aromatic carbocycles. The zero-order valence-corrected chi connectivity index (χ0v) is 23.6. The zero-order valence-electron chi connectivity index (χ0n) is 22.0. The van der Waals surface area contributed by atoms with Gasteiger partial charge in [-0.15, -0.1) is 0 Å². The quantitative estimate of drug-likeness (QED) is 0.331. The molecule has 0 radical (unpaired) electrons. The maximum Gasteiger partial charge on any atom is 0.253 e. The molecule has 1 heterocycles. The van der Waals surface area contributed by atoms with Gasteiger partial charge in [0, 0.05) is 57.2 Å². The molecule has 7 heteroatoms. The summed E-state index contributed by atoms with van der Waals surface area (Å²) in [4.78, 5) is 32.1. The van der Waals surface area contributed by atoms with Gasteiger partial charge in [0.05, 0.1) is 10.0 Å². The van der Waals surface area contributed by atoms with E-state index in [-0.39, 0.29) is 11.8 Å². The lowest BCUT2D eigenvalue weighted by Crippen LogP contribution is -2.48. The van der Waals surface area contributed by atoms with Crippen molar-refractivity contribution in [3.63, 3.8) is 0 Å². The number of likely N-dealkylation sites (N-methyl/N-ethyl adjacent to an activating group) is 1. The van der Waals surface area contributed by atoms with E-state index >= 15 is 0 Å². The van der Waals surface area contributed by atoms with Crippen molar-refractivity contribution in [2.75, 3.05) is 39.8 Å². The molecular weight excluding hydrogens is 505 g/mol. The molecule has 2 amide bonds. The molecular formula is C30H39Cl2N3O2. The number of hydrogen-bond donors (Lipinski definition) is 0. The minimum atomic E-state index is 0.0165. The average Bonchev–Trinajstić information content (AvgIpc) is 3.75. The number of halogens is 2. The van der Waals surface area contributed by atoms with E-state index < -0.39 is 0 Å². The van der Waals surface area contributed by atoms with E-state index in [0.29, 0.717) is 40.5 Å². The molecule has 1 saturated heterocycles. The van der Waals surface area contributed by atoms with Crippen molar-refractivity contribution in [1.82, 2.24) is 14.7 Å². The number of hydrogen-bond acceptors (Lipinski definition) is 3. The second kappa shape index (κ2) is 13.1. The summed E-state index contributed by atoms with van der Waals surface area (Å²) in [7, 11) is 1.87.